The predicted octanol–water partition coefficient (Wildman–Crippen LogP) is 4.09. The molecule has 0 amide bonds. The summed E-state index contributed by atoms with van der Waals surface area (Å²) in [4.78, 5) is 27.9. The summed E-state index contributed by atoms with van der Waals surface area (Å²) in [5.41, 5.74) is -0.779. The van der Waals surface area contributed by atoms with Crippen LogP contribution in [0.2, 0.25) is 0 Å². The Hall–Kier alpha value is -4.34. The fraction of sp³-hybridized carbons (Fsp3) is 0.250. The van der Waals surface area contributed by atoms with E-state index in [9.17, 15) is 14.9 Å². The van der Waals surface area contributed by atoms with Crippen LogP contribution < -0.4 is 19.5 Å². The van der Waals surface area contributed by atoms with Gasteiger partial charge >= 0.3 is 11.7 Å². The minimum Gasteiger partial charge on any atom is -0.497 e. The molecular formula is C24H25N3O7. The number of hydrogen-bond acceptors (Lipinski definition) is 9. The largest absolute Gasteiger partial charge is 0.497 e. The summed E-state index contributed by atoms with van der Waals surface area (Å²) >= 11 is 0. The quantitative estimate of drug-likeness (QED) is 0.267. The van der Waals surface area contributed by atoms with E-state index in [0.29, 0.717) is 29.4 Å². The van der Waals surface area contributed by atoms with Gasteiger partial charge in [0, 0.05) is 29.8 Å². The molecular weight excluding hydrogens is 442 g/mol. The van der Waals surface area contributed by atoms with Crippen molar-refractivity contribution < 1.29 is 28.7 Å². The summed E-state index contributed by atoms with van der Waals surface area (Å²) < 4.78 is 21.4. The lowest BCUT2D eigenvalue weighted by atomic mass is 9.96. The summed E-state index contributed by atoms with van der Waals surface area (Å²) in [6.07, 6.45) is 0. The molecule has 178 valence electrons. The van der Waals surface area contributed by atoms with Crippen molar-refractivity contribution in [3.8, 4) is 17.4 Å². The number of benzene rings is 2. The van der Waals surface area contributed by atoms with Crippen molar-refractivity contribution in [1.82, 2.24) is 4.98 Å². The maximum atomic E-state index is 12.7. The predicted molar refractivity (Wildman–Crippen MR) is 124 cm³/mol. The molecule has 0 spiro atoms. The molecule has 34 heavy (non-hydrogen) atoms. The molecule has 0 saturated heterocycles. The van der Waals surface area contributed by atoms with Crippen molar-refractivity contribution in [2.75, 3.05) is 26.6 Å². The second-order valence-electron chi connectivity index (χ2n) is 7.30. The molecule has 1 heterocycles. The van der Waals surface area contributed by atoms with Crippen LogP contribution in [0.1, 0.15) is 18.1 Å². The number of rotatable bonds is 10. The van der Waals surface area contributed by atoms with Gasteiger partial charge in [0.15, 0.2) is 0 Å². The number of anilines is 1. The highest BCUT2D eigenvalue weighted by Gasteiger charge is 2.41. The molecule has 0 aliphatic heterocycles. The normalized spacial score (nSPS) is 12.2. The van der Waals surface area contributed by atoms with E-state index in [-0.39, 0.29) is 5.88 Å². The standard InChI is InChI=1S/C24H25N3O7/c1-24(23(28)33-4,17-8-6-5-7-9-17)34-22-19(27(29)30)12-13-21(26-22)25-15-16-10-11-18(31-2)14-20(16)32-3/h5-14H,15H2,1-4H3,(H,25,26)/t24-/m0/s1. The van der Waals surface area contributed by atoms with Crippen LogP contribution >= 0.6 is 0 Å². The first kappa shape index (κ1) is 24.3. The Kier molecular flexibility index (Phi) is 7.52. The topological polar surface area (TPSA) is 122 Å². The fourth-order valence-electron chi connectivity index (χ4n) is 3.29. The summed E-state index contributed by atoms with van der Waals surface area (Å²) in [5, 5.41) is 14.7. The number of pyridine rings is 1. The zero-order valence-electron chi connectivity index (χ0n) is 19.2. The van der Waals surface area contributed by atoms with Crippen molar-refractivity contribution in [3.05, 3.63) is 81.9 Å². The average Bonchev–Trinajstić information content (AvgIpc) is 2.87. The van der Waals surface area contributed by atoms with E-state index in [1.54, 1.807) is 56.7 Å². The van der Waals surface area contributed by atoms with Crippen molar-refractivity contribution in [3.63, 3.8) is 0 Å². The molecule has 1 aromatic heterocycles. The molecule has 0 unspecified atom stereocenters. The third kappa shape index (κ3) is 5.17. The van der Waals surface area contributed by atoms with Crippen molar-refractivity contribution >= 4 is 17.5 Å². The minimum atomic E-state index is -1.66. The highest BCUT2D eigenvalue weighted by atomic mass is 16.6. The molecule has 0 radical (unpaired) electrons. The van der Waals surface area contributed by atoms with Crippen LogP contribution in [-0.2, 0) is 21.7 Å². The van der Waals surface area contributed by atoms with Crippen LogP contribution in [0.25, 0.3) is 0 Å². The number of hydrogen-bond donors (Lipinski definition) is 1. The van der Waals surface area contributed by atoms with Gasteiger partial charge in [0.05, 0.1) is 26.3 Å². The molecule has 0 fully saturated rings. The van der Waals surface area contributed by atoms with Crippen molar-refractivity contribution in [1.29, 1.82) is 0 Å². The number of nitrogens with zero attached hydrogens (tertiary/aromatic N) is 2. The number of carbonyl (C=O) groups is 1. The lowest BCUT2D eigenvalue weighted by molar-refractivity contribution is -0.386. The van der Waals surface area contributed by atoms with Crippen LogP contribution in [0.15, 0.2) is 60.7 Å². The van der Waals surface area contributed by atoms with E-state index in [0.717, 1.165) is 5.56 Å². The Morgan fingerprint density at radius 3 is 2.41 bits per heavy atom. The monoisotopic (exact) mass is 467 g/mol. The first-order chi connectivity index (χ1) is 16.3. The van der Waals surface area contributed by atoms with Gasteiger partial charge in [-0.2, -0.15) is 4.98 Å². The second kappa shape index (κ2) is 10.5. The third-order valence-electron chi connectivity index (χ3n) is 5.19. The Bertz CT molecular complexity index is 1170. The SMILES string of the molecule is COC(=O)[C@@](C)(Oc1nc(NCc2ccc(OC)cc2OC)ccc1[N+](=O)[O-])c1ccccc1. The summed E-state index contributed by atoms with van der Waals surface area (Å²) in [6.45, 7) is 1.78. The molecule has 10 heteroatoms. The van der Waals surface area contributed by atoms with Crippen LogP contribution in [-0.4, -0.2) is 37.2 Å². The van der Waals surface area contributed by atoms with Gasteiger partial charge in [0.1, 0.15) is 17.3 Å². The van der Waals surface area contributed by atoms with Crippen LogP contribution in [0, 0.1) is 10.1 Å². The number of nitro groups is 1. The number of esters is 1. The van der Waals surface area contributed by atoms with Gasteiger partial charge in [-0.1, -0.05) is 30.3 Å². The first-order valence-corrected chi connectivity index (χ1v) is 10.3. The Morgan fingerprint density at radius 1 is 1.06 bits per heavy atom. The van der Waals surface area contributed by atoms with Gasteiger partial charge in [-0.3, -0.25) is 10.1 Å². The van der Waals surface area contributed by atoms with Gasteiger partial charge < -0.3 is 24.3 Å². The molecule has 0 saturated carbocycles. The van der Waals surface area contributed by atoms with E-state index < -0.39 is 22.2 Å². The average molecular weight is 467 g/mol. The van der Waals surface area contributed by atoms with Gasteiger partial charge in [0.2, 0.25) is 5.60 Å². The molecule has 0 aliphatic carbocycles. The number of carbonyl (C=O) groups excluding carboxylic acids is 1. The van der Waals surface area contributed by atoms with Gasteiger partial charge in [0.25, 0.3) is 5.88 Å². The van der Waals surface area contributed by atoms with E-state index in [4.69, 9.17) is 18.9 Å². The van der Waals surface area contributed by atoms with E-state index in [2.05, 4.69) is 10.3 Å². The molecule has 1 N–H and O–H groups in total. The van der Waals surface area contributed by atoms with Crippen molar-refractivity contribution in [2.45, 2.75) is 19.1 Å². The highest BCUT2D eigenvalue weighted by Crippen LogP contribution is 2.35. The summed E-state index contributed by atoms with van der Waals surface area (Å²) in [7, 11) is 4.33. The fourth-order valence-corrected chi connectivity index (χ4v) is 3.29. The van der Waals surface area contributed by atoms with Crippen LogP contribution in [0.3, 0.4) is 0 Å². The molecule has 0 bridgehead atoms. The smallest absolute Gasteiger partial charge is 0.354 e. The second-order valence-corrected chi connectivity index (χ2v) is 7.30. The van der Waals surface area contributed by atoms with E-state index in [1.807, 2.05) is 6.07 Å². The number of methoxy groups -OCH3 is 3. The lowest BCUT2D eigenvalue weighted by Crippen LogP contribution is -2.40. The molecule has 10 nitrogen and oxygen atoms in total. The maximum Gasteiger partial charge on any atom is 0.354 e. The zero-order chi connectivity index (χ0) is 24.7. The lowest BCUT2D eigenvalue weighted by Gasteiger charge is -2.27. The molecule has 3 aromatic rings. The van der Waals surface area contributed by atoms with E-state index in [1.165, 1.54) is 26.2 Å². The van der Waals surface area contributed by atoms with Crippen LogP contribution in [0.4, 0.5) is 11.5 Å². The number of ether oxygens (including phenoxy) is 4. The Labute approximate surface area is 196 Å². The van der Waals surface area contributed by atoms with Gasteiger partial charge in [-0.05, 0) is 25.1 Å². The minimum absolute atomic E-state index is 0.304. The Morgan fingerprint density at radius 2 is 1.79 bits per heavy atom. The molecule has 3 rings (SSSR count). The van der Waals surface area contributed by atoms with Gasteiger partial charge in [-0.15, -0.1) is 0 Å². The Balaban J connectivity index is 1.93. The summed E-state index contributed by atoms with van der Waals surface area (Å²) in [6, 6.07) is 16.6. The number of nitrogens with one attached hydrogen (secondary N) is 1. The maximum absolute atomic E-state index is 12.7. The highest BCUT2D eigenvalue weighted by molar-refractivity contribution is 5.81. The van der Waals surface area contributed by atoms with Crippen LogP contribution in [0.5, 0.6) is 17.4 Å². The molecule has 2 aromatic carbocycles. The third-order valence-corrected chi connectivity index (χ3v) is 5.19. The molecule has 1 atom stereocenters. The zero-order valence-corrected chi connectivity index (χ0v) is 19.2. The van der Waals surface area contributed by atoms with E-state index >= 15 is 0 Å². The number of aromatic nitrogens is 1. The molecule has 0 aliphatic rings. The summed E-state index contributed by atoms with van der Waals surface area (Å²) in [5.74, 6) is 0.503. The van der Waals surface area contributed by atoms with Crippen molar-refractivity contribution in [2.24, 2.45) is 0 Å². The van der Waals surface area contributed by atoms with Gasteiger partial charge in [-0.25, -0.2) is 4.79 Å². The first-order valence-electron chi connectivity index (χ1n) is 10.3.